The number of rotatable bonds is 4. The standard InChI is InChI=1S/C20H22FIN4O3/c21-15-8-13(22)5-4-12(15)7-16-14(9-24-19(28)25-16)18(27)26-10-20(29,11-26)17-3-1-2-6-23-17/h4-5,8-9,17,23,29H,1-3,6-7,10-11H2,(H,24,25,28)/t17-/m0/s1. The minimum atomic E-state index is -0.936. The second kappa shape index (κ2) is 8.11. The molecule has 9 heteroatoms. The van der Waals surface area contributed by atoms with E-state index in [0.717, 1.165) is 29.4 Å². The lowest BCUT2D eigenvalue weighted by atomic mass is 9.81. The quantitative estimate of drug-likeness (QED) is 0.539. The van der Waals surface area contributed by atoms with Crippen LogP contribution in [0.2, 0.25) is 0 Å². The first-order valence-corrected chi connectivity index (χ1v) is 10.7. The van der Waals surface area contributed by atoms with E-state index in [1.165, 1.54) is 12.3 Å². The summed E-state index contributed by atoms with van der Waals surface area (Å²) in [5, 5.41) is 14.2. The van der Waals surface area contributed by atoms with Crippen molar-refractivity contribution >= 4 is 28.5 Å². The SMILES string of the molecule is O=C(c1cnc(=O)[nH]c1Cc1ccc(I)cc1F)N1CC(O)([C@@H]2CCCCN2)C1. The van der Waals surface area contributed by atoms with Gasteiger partial charge in [-0.1, -0.05) is 12.5 Å². The van der Waals surface area contributed by atoms with Crippen LogP contribution in [0.4, 0.5) is 4.39 Å². The first-order chi connectivity index (χ1) is 13.9. The van der Waals surface area contributed by atoms with Gasteiger partial charge in [0.1, 0.15) is 11.4 Å². The summed E-state index contributed by atoms with van der Waals surface area (Å²) in [6, 6.07) is 4.80. The number of hydrogen-bond acceptors (Lipinski definition) is 5. The van der Waals surface area contributed by atoms with Gasteiger partial charge < -0.3 is 20.3 Å². The van der Waals surface area contributed by atoms with E-state index in [2.05, 4.69) is 15.3 Å². The Hall–Kier alpha value is -1.85. The van der Waals surface area contributed by atoms with Gasteiger partial charge in [0.15, 0.2) is 0 Å². The summed E-state index contributed by atoms with van der Waals surface area (Å²) in [5.74, 6) is -0.718. The molecule has 3 heterocycles. The fourth-order valence-electron chi connectivity index (χ4n) is 4.07. The highest BCUT2D eigenvalue weighted by molar-refractivity contribution is 14.1. The molecule has 1 atom stereocenters. The Morgan fingerprint density at radius 2 is 2.17 bits per heavy atom. The molecule has 1 aromatic carbocycles. The number of nitrogens with one attached hydrogen (secondary N) is 2. The van der Waals surface area contributed by atoms with Gasteiger partial charge in [0.25, 0.3) is 5.91 Å². The van der Waals surface area contributed by atoms with Gasteiger partial charge in [0.2, 0.25) is 0 Å². The lowest BCUT2D eigenvalue weighted by Gasteiger charge is -2.51. The van der Waals surface area contributed by atoms with Crippen molar-refractivity contribution < 1.29 is 14.3 Å². The summed E-state index contributed by atoms with van der Waals surface area (Å²) in [6.07, 6.45) is 4.34. The molecule has 0 aliphatic carbocycles. The molecule has 2 saturated heterocycles. The number of H-pyrrole nitrogens is 1. The van der Waals surface area contributed by atoms with Gasteiger partial charge >= 0.3 is 5.69 Å². The maximum absolute atomic E-state index is 14.3. The van der Waals surface area contributed by atoms with Crippen LogP contribution in [0.1, 0.15) is 40.9 Å². The van der Waals surface area contributed by atoms with E-state index < -0.39 is 17.1 Å². The molecular formula is C20H22FIN4O3. The zero-order chi connectivity index (χ0) is 20.6. The van der Waals surface area contributed by atoms with Crippen LogP contribution in [-0.4, -0.2) is 57.2 Å². The Morgan fingerprint density at radius 3 is 2.86 bits per heavy atom. The zero-order valence-electron chi connectivity index (χ0n) is 15.8. The van der Waals surface area contributed by atoms with E-state index in [4.69, 9.17) is 0 Å². The maximum Gasteiger partial charge on any atom is 0.345 e. The lowest BCUT2D eigenvalue weighted by Crippen LogP contribution is -2.72. The number of amides is 1. The number of benzene rings is 1. The van der Waals surface area contributed by atoms with Gasteiger partial charge in [-0.2, -0.15) is 0 Å². The summed E-state index contributed by atoms with van der Waals surface area (Å²) >= 11 is 2.02. The topological polar surface area (TPSA) is 98.3 Å². The van der Waals surface area contributed by atoms with Gasteiger partial charge in [-0.25, -0.2) is 14.2 Å². The summed E-state index contributed by atoms with van der Waals surface area (Å²) in [7, 11) is 0. The second-order valence-corrected chi connectivity index (χ2v) is 9.01. The van der Waals surface area contributed by atoms with Crippen LogP contribution in [0.15, 0.2) is 29.2 Å². The van der Waals surface area contributed by atoms with Crippen molar-refractivity contribution in [2.45, 2.75) is 37.3 Å². The molecular weight excluding hydrogens is 490 g/mol. The third-order valence-corrected chi connectivity index (χ3v) is 6.35. The van der Waals surface area contributed by atoms with Gasteiger partial charge in [-0.05, 0) is 59.7 Å². The fraction of sp³-hybridized carbons (Fsp3) is 0.450. The Bertz CT molecular complexity index is 984. The molecule has 3 N–H and O–H groups in total. The Morgan fingerprint density at radius 1 is 1.38 bits per heavy atom. The van der Waals surface area contributed by atoms with E-state index in [1.807, 2.05) is 22.6 Å². The highest BCUT2D eigenvalue weighted by Crippen LogP contribution is 2.30. The van der Waals surface area contributed by atoms with E-state index >= 15 is 0 Å². The minimum absolute atomic E-state index is 0.0191. The second-order valence-electron chi connectivity index (χ2n) is 7.76. The van der Waals surface area contributed by atoms with Crippen LogP contribution in [0, 0.1) is 9.39 Å². The first kappa shape index (κ1) is 20.4. The molecule has 2 aliphatic rings. The predicted octanol–water partition coefficient (Wildman–Crippen LogP) is 1.43. The van der Waals surface area contributed by atoms with Crippen LogP contribution in [0.5, 0.6) is 0 Å². The molecule has 1 amide bonds. The third-order valence-electron chi connectivity index (χ3n) is 5.68. The molecule has 0 saturated carbocycles. The van der Waals surface area contributed by atoms with Crippen molar-refractivity contribution in [3.63, 3.8) is 0 Å². The summed E-state index contributed by atoms with van der Waals surface area (Å²) in [5.41, 5.74) is -0.599. The predicted molar refractivity (Wildman–Crippen MR) is 113 cm³/mol. The molecule has 0 unspecified atom stereocenters. The summed E-state index contributed by atoms with van der Waals surface area (Å²) < 4.78 is 15.0. The van der Waals surface area contributed by atoms with Crippen LogP contribution < -0.4 is 11.0 Å². The van der Waals surface area contributed by atoms with Gasteiger partial charge in [0.05, 0.1) is 18.7 Å². The van der Waals surface area contributed by atoms with Crippen molar-refractivity contribution in [1.29, 1.82) is 0 Å². The van der Waals surface area contributed by atoms with E-state index in [1.54, 1.807) is 17.0 Å². The van der Waals surface area contributed by atoms with Gasteiger partial charge in [0, 0.05) is 27.9 Å². The average Bonchev–Trinajstić information content (AvgIpc) is 2.68. The van der Waals surface area contributed by atoms with E-state index in [0.29, 0.717) is 11.3 Å². The molecule has 7 nitrogen and oxygen atoms in total. The van der Waals surface area contributed by atoms with Crippen LogP contribution >= 0.6 is 22.6 Å². The summed E-state index contributed by atoms with van der Waals surface area (Å²) in [4.78, 5) is 32.5. The monoisotopic (exact) mass is 512 g/mol. The normalized spacial score (nSPS) is 20.9. The number of aliphatic hydroxyl groups is 1. The lowest BCUT2D eigenvalue weighted by molar-refractivity contribution is -0.108. The number of aromatic nitrogens is 2. The largest absolute Gasteiger partial charge is 0.385 e. The number of carbonyl (C=O) groups excluding carboxylic acids is 1. The van der Waals surface area contributed by atoms with Crippen LogP contribution in [0.3, 0.4) is 0 Å². The Labute approximate surface area is 180 Å². The number of likely N-dealkylation sites (tertiary alicyclic amines) is 1. The van der Waals surface area contributed by atoms with Crippen LogP contribution in [-0.2, 0) is 6.42 Å². The Balaban J connectivity index is 1.53. The fourth-order valence-corrected chi connectivity index (χ4v) is 4.52. The molecule has 154 valence electrons. The highest BCUT2D eigenvalue weighted by Gasteiger charge is 2.49. The molecule has 2 fully saturated rings. The molecule has 0 radical (unpaired) electrons. The van der Waals surface area contributed by atoms with Crippen molar-refractivity contribution in [1.82, 2.24) is 20.2 Å². The maximum atomic E-state index is 14.3. The first-order valence-electron chi connectivity index (χ1n) is 9.63. The number of aromatic amines is 1. The highest BCUT2D eigenvalue weighted by atomic mass is 127. The number of hydrogen-bond donors (Lipinski definition) is 3. The molecule has 0 bridgehead atoms. The van der Waals surface area contributed by atoms with Crippen molar-refractivity contribution in [2.24, 2.45) is 0 Å². The van der Waals surface area contributed by atoms with Crippen molar-refractivity contribution in [3.05, 3.63) is 61.1 Å². The molecule has 1 aromatic heterocycles. The molecule has 2 aliphatic heterocycles. The summed E-state index contributed by atoms with van der Waals surface area (Å²) in [6.45, 7) is 1.32. The number of piperidine rings is 1. The molecule has 2 aromatic rings. The number of halogens is 2. The van der Waals surface area contributed by atoms with E-state index in [9.17, 15) is 19.1 Å². The van der Waals surface area contributed by atoms with Crippen molar-refractivity contribution in [3.8, 4) is 0 Å². The smallest absolute Gasteiger partial charge is 0.345 e. The van der Waals surface area contributed by atoms with E-state index in [-0.39, 0.29) is 37.0 Å². The molecule has 0 spiro atoms. The zero-order valence-corrected chi connectivity index (χ0v) is 17.9. The van der Waals surface area contributed by atoms with Crippen LogP contribution in [0.25, 0.3) is 0 Å². The molecule has 29 heavy (non-hydrogen) atoms. The van der Waals surface area contributed by atoms with Crippen molar-refractivity contribution in [2.75, 3.05) is 19.6 Å². The third kappa shape index (κ3) is 4.22. The Kier molecular flexibility index (Phi) is 5.71. The van der Waals surface area contributed by atoms with Gasteiger partial charge in [-0.15, -0.1) is 0 Å². The average molecular weight is 512 g/mol. The minimum Gasteiger partial charge on any atom is -0.385 e. The molecule has 4 rings (SSSR count). The van der Waals surface area contributed by atoms with Gasteiger partial charge in [-0.3, -0.25) is 4.79 Å². The number of β-amino-alcohol motifs (C(OH)–C–C–N with tert-alkyl or cyclic N) is 1. The number of carbonyl (C=O) groups is 1. The number of nitrogens with zero attached hydrogens (tertiary/aromatic N) is 2.